The molecule has 8 heteroatoms. The van der Waals surface area contributed by atoms with Crippen molar-refractivity contribution in [1.29, 1.82) is 0 Å². The highest BCUT2D eigenvalue weighted by atomic mass is 19.4. The van der Waals surface area contributed by atoms with E-state index in [0.717, 1.165) is 23.5 Å². The van der Waals surface area contributed by atoms with E-state index in [-0.39, 0.29) is 0 Å². The molecule has 0 aliphatic heterocycles. The molecule has 2 aromatic heterocycles. The first-order valence-electron chi connectivity index (χ1n) is 6.68. The van der Waals surface area contributed by atoms with Gasteiger partial charge < -0.3 is 5.32 Å². The first-order valence-corrected chi connectivity index (χ1v) is 6.68. The van der Waals surface area contributed by atoms with Crippen molar-refractivity contribution in [3.8, 4) is 5.82 Å². The van der Waals surface area contributed by atoms with Gasteiger partial charge in [-0.05, 0) is 13.3 Å². The van der Waals surface area contributed by atoms with E-state index in [0.29, 0.717) is 30.4 Å². The van der Waals surface area contributed by atoms with Crippen molar-refractivity contribution in [1.82, 2.24) is 19.7 Å². The summed E-state index contributed by atoms with van der Waals surface area (Å²) >= 11 is 0. The normalized spacial score (nSPS) is 11.7. The molecule has 114 valence electrons. The van der Waals surface area contributed by atoms with Crippen LogP contribution in [0.25, 0.3) is 5.82 Å². The zero-order valence-corrected chi connectivity index (χ0v) is 11.8. The van der Waals surface area contributed by atoms with Crippen molar-refractivity contribution in [3.63, 3.8) is 0 Å². The molecular weight excluding hydrogens is 283 g/mol. The quantitative estimate of drug-likeness (QED) is 0.922. The molecule has 0 unspecified atom stereocenters. The smallest absolute Gasteiger partial charge is 0.370 e. The first kappa shape index (κ1) is 15.3. The number of alkyl halides is 3. The lowest BCUT2D eigenvalue weighted by Gasteiger charge is -2.08. The zero-order valence-electron chi connectivity index (χ0n) is 11.8. The predicted octanol–water partition coefficient (Wildman–Crippen LogP) is 3.07. The minimum Gasteiger partial charge on any atom is -0.370 e. The molecule has 0 saturated carbocycles. The number of aryl methyl sites for hydroxylation is 1. The summed E-state index contributed by atoms with van der Waals surface area (Å²) in [7, 11) is 0. The Morgan fingerprint density at radius 2 is 2.00 bits per heavy atom. The zero-order chi connectivity index (χ0) is 15.5. The summed E-state index contributed by atoms with van der Waals surface area (Å²) in [5, 5.41) is 6.77. The molecule has 0 spiro atoms. The van der Waals surface area contributed by atoms with Crippen molar-refractivity contribution in [2.24, 2.45) is 0 Å². The standard InChI is InChI=1S/C13H16F3N5/c1-3-5-10-19-11(17-4-2)6-12(20-10)21-8-9(7-18-21)13(14,15)16/h6-8H,3-5H2,1-2H3,(H,17,19,20). The van der Waals surface area contributed by atoms with Crippen LogP contribution in [0.3, 0.4) is 0 Å². The Hall–Kier alpha value is -2.12. The minimum absolute atomic E-state index is 0.319. The number of hydrogen-bond donors (Lipinski definition) is 1. The highest BCUT2D eigenvalue weighted by molar-refractivity contribution is 5.41. The summed E-state index contributed by atoms with van der Waals surface area (Å²) in [6, 6.07) is 1.58. The number of hydrogen-bond acceptors (Lipinski definition) is 4. The van der Waals surface area contributed by atoms with Crippen LogP contribution in [0.15, 0.2) is 18.5 Å². The fourth-order valence-corrected chi connectivity index (χ4v) is 1.80. The number of anilines is 1. The summed E-state index contributed by atoms with van der Waals surface area (Å²) in [4.78, 5) is 8.56. The molecule has 0 radical (unpaired) electrons. The maximum absolute atomic E-state index is 12.6. The van der Waals surface area contributed by atoms with Crippen molar-refractivity contribution >= 4 is 5.82 Å². The molecule has 2 aromatic rings. The van der Waals surface area contributed by atoms with Crippen molar-refractivity contribution < 1.29 is 13.2 Å². The second-order valence-corrected chi connectivity index (χ2v) is 4.48. The van der Waals surface area contributed by atoms with E-state index in [4.69, 9.17) is 0 Å². The van der Waals surface area contributed by atoms with Crippen molar-refractivity contribution in [3.05, 3.63) is 29.8 Å². The van der Waals surface area contributed by atoms with Crippen LogP contribution >= 0.6 is 0 Å². The Bertz CT molecular complexity index is 582. The largest absolute Gasteiger partial charge is 0.419 e. The van der Waals surface area contributed by atoms with Crippen molar-refractivity contribution in [2.75, 3.05) is 11.9 Å². The van der Waals surface area contributed by atoms with Gasteiger partial charge in [-0.3, -0.25) is 0 Å². The number of rotatable bonds is 5. The van der Waals surface area contributed by atoms with Crippen LogP contribution in [0.5, 0.6) is 0 Å². The summed E-state index contributed by atoms with van der Waals surface area (Å²) in [6.45, 7) is 4.56. The van der Waals surface area contributed by atoms with E-state index in [1.807, 2.05) is 13.8 Å². The van der Waals surface area contributed by atoms with Gasteiger partial charge in [-0.25, -0.2) is 14.6 Å². The maximum atomic E-state index is 12.6. The van der Waals surface area contributed by atoms with Gasteiger partial charge in [-0.2, -0.15) is 18.3 Å². The Morgan fingerprint density at radius 3 is 2.57 bits per heavy atom. The molecule has 0 aliphatic rings. The fourth-order valence-electron chi connectivity index (χ4n) is 1.80. The van der Waals surface area contributed by atoms with Gasteiger partial charge in [-0.1, -0.05) is 6.92 Å². The van der Waals surface area contributed by atoms with Crippen LogP contribution in [-0.4, -0.2) is 26.3 Å². The average molecular weight is 299 g/mol. The molecule has 0 amide bonds. The molecular formula is C13H16F3N5. The molecule has 0 saturated heterocycles. The first-order chi connectivity index (χ1) is 9.94. The molecule has 1 N–H and O–H groups in total. The van der Waals surface area contributed by atoms with Crippen LogP contribution in [-0.2, 0) is 12.6 Å². The summed E-state index contributed by atoms with van der Waals surface area (Å²) in [5.41, 5.74) is -0.803. The average Bonchev–Trinajstić information content (AvgIpc) is 2.88. The number of nitrogens with one attached hydrogen (secondary N) is 1. The van der Waals surface area contributed by atoms with Gasteiger partial charge in [0.05, 0.1) is 11.8 Å². The minimum atomic E-state index is -4.41. The summed E-state index contributed by atoms with van der Waals surface area (Å²) < 4.78 is 39.0. The number of aromatic nitrogens is 4. The lowest BCUT2D eigenvalue weighted by molar-refractivity contribution is -0.137. The lowest BCUT2D eigenvalue weighted by atomic mass is 10.3. The molecule has 5 nitrogen and oxygen atoms in total. The van der Waals surface area contributed by atoms with Gasteiger partial charge in [0.25, 0.3) is 0 Å². The molecule has 0 aromatic carbocycles. The van der Waals surface area contributed by atoms with E-state index >= 15 is 0 Å². The monoisotopic (exact) mass is 299 g/mol. The van der Waals surface area contributed by atoms with Crippen LogP contribution in [0.1, 0.15) is 31.7 Å². The molecule has 21 heavy (non-hydrogen) atoms. The summed E-state index contributed by atoms with van der Waals surface area (Å²) in [5.74, 6) is 1.48. The Morgan fingerprint density at radius 1 is 1.24 bits per heavy atom. The van der Waals surface area contributed by atoms with Gasteiger partial charge >= 0.3 is 6.18 Å². The molecule has 0 bridgehead atoms. The third-order valence-corrected chi connectivity index (χ3v) is 2.74. The highest BCUT2D eigenvalue weighted by Crippen LogP contribution is 2.29. The van der Waals surface area contributed by atoms with Gasteiger partial charge in [0.2, 0.25) is 0 Å². The van der Waals surface area contributed by atoms with Crippen LogP contribution < -0.4 is 5.32 Å². The second-order valence-electron chi connectivity index (χ2n) is 4.48. The molecule has 2 heterocycles. The van der Waals surface area contributed by atoms with Gasteiger partial charge in [0, 0.05) is 25.2 Å². The van der Waals surface area contributed by atoms with Gasteiger partial charge in [0.15, 0.2) is 5.82 Å². The molecule has 0 fully saturated rings. The van der Waals surface area contributed by atoms with Crippen LogP contribution in [0, 0.1) is 0 Å². The molecule has 0 atom stereocenters. The predicted molar refractivity (Wildman–Crippen MR) is 72.3 cm³/mol. The van der Waals surface area contributed by atoms with Gasteiger partial charge in [-0.15, -0.1) is 0 Å². The SMILES string of the molecule is CCCc1nc(NCC)cc(-n2cc(C(F)(F)F)cn2)n1. The topological polar surface area (TPSA) is 55.6 Å². The highest BCUT2D eigenvalue weighted by Gasteiger charge is 2.32. The Labute approximate surface area is 120 Å². The molecule has 2 rings (SSSR count). The second kappa shape index (κ2) is 6.11. The van der Waals surface area contributed by atoms with Gasteiger partial charge in [0.1, 0.15) is 11.6 Å². The Kier molecular flexibility index (Phi) is 4.44. The third kappa shape index (κ3) is 3.71. The van der Waals surface area contributed by atoms with Crippen LogP contribution in [0.2, 0.25) is 0 Å². The van der Waals surface area contributed by atoms with E-state index in [1.54, 1.807) is 6.07 Å². The Balaban J connectivity index is 2.39. The third-order valence-electron chi connectivity index (χ3n) is 2.74. The van der Waals surface area contributed by atoms with E-state index in [9.17, 15) is 13.2 Å². The van der Waals surface area contributed by atoms with Crippen LogP contribution in [0.4, 0.5) is 19.0 Å². The lowest BCUT2D eigenvalue weighted by Crippen LogP contribution is -2.08. The van der Waals surface area contributed by atoms with Crippen molar-refractivity contribution in [2.45, 2.75) is 32.9 Å². The number of nitrogens with zero attached hydrogens (tertiary/aromatic N) is 4. The van der Waals surface area contributed by atoms with E-state index in [1.165, 1.54) is 0 Å². The van der Waals surface area contributed by atoms with E-state index in [2.05, 4.69) is 20.4 Å². The van der Waals surface area contributed by atoms with E-state index < -0.39 is 11.7 Å². The summed E-state index contributed by atoms with van der Waals surface area (Å²) in [6.07, 6.45) is -1.20. The maximum Gasteiger partial charge on any atom is 0.419 e. The molecule has 0 aliphatic carbocycles. The number of halogens is 3. The fraction of sp³-hybridized carbons (Fsp3) is 0.462.